The zero-order valence-electron chi connectivity index (χ0n) is 11.4. The Labute approximate surface area is 114 Å². The predicted octanol–water partition coefficient (Wildman–Crippen LogP) is -0.0288. The van der Waals surface area contributed by atoms with E-state index in [1.54, 1.807) is 0 Å². The third-order valence-corrected chi connectivity index (χ3v) is 5.40. The van der Waals surface area contributed by atoms with Gasteiger partial charge in [-0.05, 0) is 31.6 Å². The van der Waals surface area contributed by atoms with Crippen LogP contribution in [0.1, 0.15) is 25.7 Å². The van der Waals surface area contributed by atoms with Crippen LogP contribution in [-0.2, 0) is 9.53 Å². The van der Waals surface area contributed by atoms with E-state index in [1.807, 2.05) is 4.90 Å². The third-order valence-electron chi connectivity index (χ3n) is 5.40. The first-order valence-corrected chi connectivity index (χ1v) is 7.41. The molecule has 1 saturated carbocycles. The number of nitrogens with two attached hydrogens (primary N) is 1. The normalized spacial score (nSPS) is 37.4. The van der Waals surface area contributed by atoms with Crippen LogP contribution in [0.2, 0.25) is 0 Å². The van der Waals surface area contributed by atoms with E-state index in [0.717, 1.165) is 32.2 Å². The fourth-order valence-electron chi connectivity index (χ4n) is 4.01. The van der Waals surface area contributed by atoms with Crippen molar-refractivity contribution in [3.8, 4) is 0 Å². The number of amides is 1. The molecule has 0 bridgehead atoms. The number of rotatable bonds is 2. The number of ether oxygens (including phenoxy) is 1. The molecule has 5 nitrogen and oxygen atoms in total. The van der Waals surface area contributed by atoms with Gasteiger partial charge in [-0.15, -0.1) is 0 Å². The zero-order chi connectivity index (χ0) is 13.5. The molecule has 0 aromatic rings. The zero-order valence-corrected chi connectivity index (χ0v) is 11.4. The molecule has 3 atom stereocenters. The number of carbonyl (C=O) groups excluding carboxylic acids is 1. The highest BCUT2D eigenvalue weighted by Crippen LogP contribution is 2.41. The SMILES string of the molecule is NCC1(C(=O)N2CC3CCC(O)C3C2)CCOCC1. The van der Waals surface area contributed by atoms with Gasteiger partial charge in [-0.25, -0.2) is 0 Å². The minimum absolute atomic E-state index is 0.194. The predicted molar refractivity (Wildman–Crippen MR) is 70.3 cm³/mol. The van der Waals surface area contributed by atoms with Crippen molar-refractivity contribution in [2.24, 2.45) is 23.0 Å². The maximum Gasteiger partial charge on any atom is 0.230 e. The quantitative estimate of drug-likeness (QED) is 0.737. The first-order valence-electron chi connectivity index (χ1n) is 7.41. The first-order chi connectivity index (χ1) is 9.16. The first kappa shape index (κ1) is 13.3. The maximum atomic E-state index is 12.8. The van der Waals surface area contributed by atoms with Crippen molar-refractivity contribution in [3.05, 3.63) is 0 Å². The minimum atomic E-state index is -0.415. The summed E-state index contributed by atoms with van der Waals surface area (Å²) in [5.74, 6) is 0.979. The molecule has 3 N–H and O–H groups in total. The molecule has 0 radical (unpaired) electrons. The molecule has 0 aromatic carbocycles. The fourth-order valence-corrected chi connectivity index (χ4v) is 4.01. The number of hydrogen-bond donors (Lipinski definition) is 2. The van der Waals surface area contributed by atoms with E-state index >= 15 is 0 Å². The summed E-state index contributed by atoms with van der Waals surface area (Å²) in [5.41, 5.74) is 5.48. The lowest BCUT2D eigenvalue weighted by molar-refractivity contribution is -0.146. The number of nitrogens with zero attached hydrogens (tertiary/aromatic N) is 1. The second kappa shape index (κ2) is 5.04. The van der Waals surface area contributed by atoms with Crippen LogP contribution in [0.3, 0.4) is 0 Å². The lowest BCUT2D eigenvalue weighted by atomic mass is 9.79. The van der Waals surface area contributed by atoms with E-state index in [-0.39, 0.29) is 12.0 Å². The molecule has 3 rings (SSSR count). The van der Waals surface area contributed by atoms with E-state index in [1.165, 1.54) is 0 Å². The van der Waals surface area contributed by atoms with Crippen molar-refractivity contribution in [1.29, 1.82) is 0 Å². The summed E-state index contributed by atoms with van der Waals surface area (Å²) < 4.78 is 5.36. The van der Waals surface area contributed by atoms with Crippen LogP contribution in [0.25, 0.3) is 0 Å². The summed E-state index contributed by atoms with van der Waals surface area (Å²) in [7, 11) is 0. The van der Waals surface area contributed by atoms with Gasteiger partial charge in [0.1, 0.15) is 0 Å². The van der Waals surface area contributed by atoms with Crippen LogP contribution in [0, 0.1) is 17.3 Å². The highest BCUT2D eigenvalue weighted by Gasteiger charge is 2.48. The highest BCUT2D eigenvalue weighted by atomic mass is 16.5. The Morgan fingerprint density at radius 1 is 1.32 bits per heavy atom. The van der Waals surface area contributed by atoms with E-state index in [2.05, 4.69) is 0 Å². The maximum absolute atomic E-state index is 12.8. The van der Waals surface area contributed by atoms with Crippen LogP contribution in [-0.4, -0.2) is 54.9 Å². The average molecular weight is 268 g/mol. The van der Waals surface area contributed by atoms with Crippen LogP contribution < -0.4 is 5.73 Å². The molecular formula is C14H24N2O3. The van der Waals surface area contributed by atoms with Crippen molar-refractivity contribution in [2.45, 2.75) is 31.8 Å². The molecule has 1 amide bonds. The molecule has 3 aliphatic rings. The smallest absolute Gasteiger partial charge is 0.230 e. The molecule has 5 heteroatoms. The fraction of sp³-hybridized carbons (Fsp3) is 0.929. The Hall–Kier alpha value is -0.650. The van der Waals surface area contributed by atoms with E-state index in [4.69, 9.17) is 10.5 Å². The molecule has 108 valence electrons. The van der Waals surface area contributed by atoms with Gasteiger partial charge in [0.15, 0.2) is 0 Å². The summed E-state index contributed by atoms with van der Waals surface area (Å²) >= 11 is 0. The van der Waals surface area contributed by atoms with E-state index in [9.17, 15) is 9.90 Å². The van der Waals surface area contributed by atoms with Crippen molar-refractivity contribution in [2.75, 3.05) is 32.8 Å². The van der Waals surface area contributed by atoms with Gasteiger partial charge in [0.2, 0.25) is 5.91 Å². The molecule has 2 heterocycles. The number of aliphatic hydroxyl groups excluding tert-OH is 1. The summed E-state index contributed by atoms with van der Waals surface area (Å²) in [4.78, 5) is 14.8. The largest absolute Gasteiger partial charge is 0.393 e. The van der Waals surface area contributed by atoms with E-state index in [0.29, 0.717) is 38.1 Å². The Morgan fingerprint density at radius 2 is 2.05 bits per heavy atom. The summed E-state index contributed by atoms with van der Waals surface area (Å²) in [6.07, 6.45) is 3.20. The number of aliphatic hydroxyl groups is 1. The lowest BCUT2D eigenvalue weighted by Crippen LogP contribution is -2.50. The standard InChI is InChI=1S/C14H24N2O3/c15-9-14(3-5-19-6-4-14)13(18)16-7-10-1-2-12(17)11(10)8-16/h10-12,17H,1-9,15H2. The van der Waals surface area contributed by atoms with Gasteiger partial charge >= 0.3 is 0 Å². The summed E-state index contributed by atoms with van der Waals surface area (Å²) in [5, 5.41) is 9.95. The number of fused-ring (bicyclic) bond motifs is 1. The van der Waals surface area contributed by atoms with Crippen LogP contribution in [0.5, 0.6) is 0 Å². The molecule has 19 heavy (non-hydrogen) atoms. The van der Waals surface area contributed by atoms with Crippen LogP contribution in [0.4, 0.5) is 0 Å². The molecule has 3 fully saturated rings. The summed E-state index contributed by atoms with van der Waals surface area (Å²) in [6.45, 7) is 3.19. The monoisotopic (exact) mass is 268 g/mol. The Kier molecular flexibility index (Phi) is 3.53. The molecule has 3 unspecified atom stereocenters. The van der Waals surface area contributed by atoms with Crippen LogP contribution >= 0.6 is 0 Å². The van der Waals surface area contributed by atoms with Crippen molar-refractivity contribution in [3.63, 3.8) is 0 Å². The molecule has 2 saturated heterocycles. The number of hydrogen-bond acceptors (Lipinski definition) is 4. The second-order valence-electron chi connectivity index (χ2n) is 6.38. The topological polar surface area (TPSA) is 75.8 Å². The third kappa shape index (κ3) is 2.18. The summed E-state index contributed by atoms with van der Waals surface area (Å²) in [6, 6.07) is 0. The lowest BCUT2D eigenvalue weighted by Gasteiger charge is -2.38. The van der Waals surface area contributed by atoms with E-state index < -0.39 is 5.41 Å². The number of likely N-dealkylation sites (tertiary alicyclic amines) is 1. The van der Waals surface area contributed by atoms with Gasteiger partial charge in [0.25, 0.3) is 0 Å². The van der Waals surface area contributed by atoms with Crippen LogP contribution in [0.15, 0.2) is 0 Å². The van der Waals surface area contributed by atoms with Gasteiger partial charge in [0, 0.05) is 38.8 Å². The van der Waals surface area contributed by atoms with Gasteiger partial charge in [-0.2, -0.15) is 0 Å². The van der Waals surface area contributed by atoms with Gasteiger partial charge in [-0.1, -0.05) is 0 Å². The molecule has 0 aromatic heterocycles. The molecular weight excluding hydrogens is 244 g/mol. The minimum Gasteiger partial charge on any atom is -0.393 e. The average Bonchev–Trinajstić information content (AvgIpc) is 3.01. The van der Waals surface area contributed by atoms with Crippen molar-refractivity contribution in [1.82, 2.24) is 4.90 Å². The van der Waals surface area contributed by atoms with Crippen molar-refractivity contribution < 1.29 is 14.6 Å². The van der Waals surface area contributed by atoms with Crippen molar-refractivity contribution >= 4 is 5.91 Å². The Balaban J connectivity index is 1.70. The Bertz CT molecular complexity index is 355. The second-order valence-corrected chi connectivity index (χ2v) is 6.38. The van der Waals surface area contributed by atoms with Gasteiger partial charge in [0.05, 0.1) is 11.5 Å². The van der Waals surface area contributed by atoms with Gasteiger partial charge in [-0.3, -0.25) is 4.79 Å². The molecule has 0 spiro atoms. The van der Waals surface area contributed by atoms with Gasteiger partial charge < -0.3 is 20.5 Å². The molecule has 2 aliphatic heterocycles. The number of carbonyl (C=O) groups is 1. The highest BCUT2D eigenvalue weighted by molar-refractivity contribution is 5.83. The Morgan fingerprint density at radius 3 is 2.68 bits per heavy atom. The molecule has 1 aliphatic carbocycles.